The van der Waals surface area contributed by atoms with Gasteiger partial charge in [0.15, 0.2) is 15.7 Å². The monoisotopic (exact) mass is 626 g/mol. The number of nitrogens with zero attached hydrogens (tertiary/aromatic N) is 6. The number of rotatable bonds is 9. The number of carbonyl (C=O) groups is 1. The molecule has 1 amide bonds. The van der Waals surface area contributed by atoms with Crippen LogP contribution in [0.15, 0.2) is 46.7 Å². The van der Waals surface area contributed by atoms with E-state index in [-0.39, 0.29) is 33.5 Å². The second-order valence-corrected chi connectivity index (χ2v) is 14.3. The highest BCUT2D eigenvalue weighted by molar-refractivity contribution is 7.92. The Balaban J connectivity index is 1.60. The normalized spacial score (nSPS) is 17.4. The Kier molecular flexibility index (Phi) is 8.73. The Morgan fingerprint density at radius 1 is 1.19 bits per heavy atom. The van der Waals surface area contributed by atoms with E-state index in [0.717, 1.165) is 47.0 Å². The molecule has 0 N–H and O–H groups in total. The van der Waals surface area contributed by atoms with Gasteiger partial charge < -0.3 is 9.64 Å². The number of sulfone groups is 1. The molecule has 1 fully saturated rings. The van der Waals surface area contributed by atoms with Crippen molar-refractivity contribution >= 4 is 51.0 Å². The molecule has 0 aliphatic carbocycles. The maximum absolute atomic E-state index is 13.1. The number of nitroso groups, excluding NO2 is 1. The molecule has 1 atom stereocenters. The summed E-state index contributed by atoms with van der Waals surface area (Å²) in [6.07, 6.45) is 4.34. The molecule has 3 heterocycles. The van der Waals surface area contributed by atoms with Gasteiger partial charge in [0.2, 0.25) is 6.41 Å². The molecule has 3 aromatic rings. The number of hydrogen-bond donors (Lipinski definition) is 0. The van der Waals surface area contributed by atoms with E-state index in [1.165, 1.54) is 23.9 Å². The smallest absolute Gasteiger partial charge is 0.255 e. The van der Waals surface area contributed by atoms with Crippen molar-refractivity contribution in [2.45, 2.75) is 69.1 Å². The Morgan fingerprint density at radius 2 is 1.88 bits per heavy atom. The van der Waals surface area contributed by atoms with Crippen LogP contribution in [0.1, 0.15) is 56.2 Å². The lowest BCUT2D eigenvalue weighted by Gasteiger charge is -2.31. The first-order chi connectivity index (χ1) is 20.5. The van der Waals surface area contributed by atoms with Crippen molar-refractivity contribution < 1.29 is 17.9 Å². The molecule has 11 nitrogen and oxygen atoms in total. The summed E-state index contributed by atoms with van der Waals surface area (Å²) < 4.78 is 32.5. The zero-order valence-electron chi connectivity index (χ0n) is 24.8. The van der Waals surface area contributed by atoms with Crippen molar-refractivity contribution in [3.63, 3.8) is 0 Å². The summed E-state index contributed by atoms with van der Waals surface area (Å²) in [5.74, 6) is 0.689. The summed E-state index contributed by atoms with van der Waals surface area (Å²) in [5.41, 5.74) is 3.79. The average molecular weight is 627 g/mol. The van der Waals surface area contributed by atoms with E-state index < -0.39 is 15.1 Å². The number of para-hydroxylation sites is 1. The van der Waals surface area contributed by atoms with Crippen LogP contribution < -0.4 is 14.6 Å². The van der Waals surface area contributed by atoms with Crippen molar-refractivity contribution in [2.24, 2.45) is 5.29 Å². The van der Waals surface area contributed by atoms with E-state index in [4.69, 9.17) is 16.3 Å². The van der Waals surface area contributed by atoms with Crippen LogP contribution in [0.5, 0.6) is 5.75 Å². The van der Waals surface area contributed by atoms with Gasteiger partial charge in [-0.2, -0.15) is 9.99 Å². The lowest BCUT2D eigenvalue weighted by molar-refractivity contribution is -0.106. The molecule has 0 bridgehead atoms. The number of carbonyl (C=O) groups excluding carboxylic acids is 1. The maximum atomic E-state index is 13.1. The van der Waals surface area contributed by atoms with Gasteiger partial charge in [0.05, 0.1) is 27.3 Å². The molecular formula is C30H35ClN6O5S. The van der Waals surface area contributed by atoms with E-state index in [2.05, 4.69) is 27.2 Å². The average Bonchev–Trinajstić information content (AvgIpc) is 3.37. The van der Waals surface area contributed by atoms with Crippen LogP contribution in [0.2, 0.25) is 5.02 Å². The Labute approximate surface area is 256 Å². The molecule has 0 unspecified atom stereocenters. The predicted molar refractivity (Wildman–Crippen MR) is 166 cm³/mol. The van der Waals surface area contributed by atoms with Crippen molar-refractivity contribution in [3.8, 4) is 5.75 Å². The zero-order valence-corrected chi connectivity index (χ0v) is 26.4. The number of benzene rings is 2. The van der Waals surface area contributed by atoms with Crippen LogP contribution >= 0.6 is 11.6 Å². The van der Waals surface area contributed by atoms with Gasteiger partial charge >= 0.3 is 0 Å². The van der Waals surface area contributed by atoms with Crippen LogP contribution in [-0.4, -0.2) is 61.2 Å². The molecule has 13 heteroatoms. The third-order valence-corrected chi connectivity index (χ3v) is 10.6. The van der Waals surface area contributed by atoms with E-state index in [1.54, 1.807) is 26.0 Å². The first-order valence-corrected chi connectivity index (χ1v) is 16.1. The molecule has 2 aromatic carbocycles. The minimum Gasteiger partial charge on any atom is -0.488 e. The fourth-order valence-electron chi connectivity index (χ4n) is 5.93. The number of ether oxygens (including phenoxy) is 1. The highest BCUT2D eigenvalue weighted by Gasteiger charge is 2.35. The number of hydrogen-bond acceptors (Lipinski definition) is 9. The lowest BCUT2D eigenvalue weighted by atomic mass is 9.82. The van der Waals surface area contributed by atoms with Gasteiger partial charge in [-0.1, -0.05) is 23.7 Å². The van der Waals surface area contributed by atoms with Gasteiger partial charge in [-0.15, -0.1) is 4.91 Å². The number of anilines is 4. The van der Waals surface area contributed by atoms with E-state index in [9.17, 15) is 18.1 Å². The largest absolute Gasteiger partial charge is 0.488 e. The molecule has 2 aliphatic heterocycles. The highest BCUT2D eigenvalue weighted by atomic mass is 35.5. The third kappa shape index (κ3) is 5.71. The number of amides is 1. The Hall–Kier alpha value is -3.61. The maximum Gasteiger partial charge on any atom is 0.255 e. The summed E-state index contributed by atoms with van der Waals surface area (Å²) in [4.78, 5) is 36.9. The number of aryl methyl sites for hydroxylation is 1. The lowest BCUT2D eigenvalue weighted by Crippen LogP contribution is -2.30. The van der Waals surface area contributed by atoms with Gasteiger partial charge in [0.1, 0.15) is 22.6 Å². The SMILES string of the molecule is Cc1cc(N(N=O)c2ncc(Cl)c(N(C=O)c3ccccc3S(=O)(=O)C(C)C)n2)c2c(c1C1CCN(C)CC1)C[C@@H](C)O2. The molecule has 0 spiro atoms. The van der Waals surface area contributed by atoms with Gasteiger partial charge in [-0.3, -0.25) is 9.69 Å². The Bertz CT molecular complexity index is 1660. The first-order valence-electron chi connectivity index (χ1n) is 14.2. The molecule has 228 valence electrons. The van der Waals surface area contributed by atoms with Crippen LogP contribution in [0.3, 0.4) is 0 Å². The van der Waals surface area contributed by atoms with Crippen molar-refractivity contribution in [3.05, 3.63) is 63.1 Å². The predicted octanol–water partition coefficient (Wildman–Crippen LogP) is 5.87. The van der Waals surface area contributed by atoms with Gasteiger partial charge in [0.25, 0.3) is 5.95 Å². The van der Waals surface area contributed by atoms with Crippen LogP contribution in [-0.2, 0) is 21.1 Å². The second kappa shape index (κ2) is 12.2. The number of halogens is 1. The quantitative estimate of drug-likeness (QED) is 0.163. The molecular weight excluding hydrogens is 592 g/mol. The van der Waals surface area contributed by atoms with Crippen LogP contribution in [0, 0.1) is 11.8 Å². The number of aromatic nitrogens is 2. The minimum absolute atomic E-state index is 0.0256. The summed E-state index contributed by atoms with van der Waals surface area (Å²) in [7, 11) is -1.65. The van der Waals surface area contributed by atoms with Gasteiger partial charge in [0, 0.05) is 12.0 Å². The van der Waals surface area contributed by atoms with Crippen molar-refractivity contribution in [2.75, 3.05) is 30.0 Å². The fourth-order valence-corrected chi connectivity index (χ4v) is 7.35. The second-order valence-electron chi connectivity index (χ2n) is 11.4. The van der Waals surface area contributed by atoms with E-state index >= 15 is 0 Å². The summed E-state index contributed by atoms with van der Waals surface area (Å²) in [5, 5.41) is 3.53. The molecule has 1 saturated heterocycles. The molecule has 1 aromatic heterocycles. The number of piperidine rings is 1. The number of likely N-dealkylation sites (tertiary alicyclic amines) is 1. The Morgan fingerprint density at radius 3 is 2.53 bits per heavy atom. The number of fused-ring (bicyclic) bond motifs is 1. The zero-order chi connectivity index (χ0) is 31.1. The molecule has 5 rings (SSSR count). The minimum atomic E-state index is -3.78. The van der Waals surface area contributed by atoms with Crippen LogP contribution in [0.25, 0.3) is 0 Å². The van der Waals surface area contributed by atoms with Crippen molar-refractivity contribution in [1.29, 1.82) is 0 Å². The van der Waals surface area contributed by atoms with Gasteiger partial charge in [-0.25, -0.2) is 13.4 Å². The van der Waals surface area contributed by atoms with E-state index in [1.807, 2.05) is 19.9 Å². The van der Waals surface area contributed by atoms with Crippen molar-refractivity contribution in [1.82, 2.24) is 14.9 Å². The summed E-state index contributed by atoms with van der Waals surface area (Å²) in [6, 6.07) is 7.96. The summed E-state index contributed by atoms with van der Waals surface area (Å²) >= 11 is 6.47. The standard InChI is InChI=1S/C30H35ClN6O5S/c1-18(2)43(40,41)26-9-7-6-8-24(26)36(17-38)29-23(31)16-32-30(33-29)37(34-39)25-14-19(3)27(21-10-12-35(5)13-11-21)22-15-20(4)42-28(22)25/h6-9,14,16-18,20-21H,10-13,15H2,1-5H3/t20-/m1/s1. The third-order valence-electron chi connectivity index (χ3n) is 8.15. The summed E-state index contributed by atoms with van der Waals surface area (Å²) in [6.45, 7) is 9.14. The molecule has 0 radical (unpaired) electrons. The highest BCUT2D eigenvalue weighted by Crippen LogP contribution is 2.48. The van der Waals surface area contributed by atoms with E-state index in [0.29, 0.717) is 30.2 Å². The molecule has 0 saturated carbocycles. The van der Waals surface area contributed by atoms with Crippen LogP contribution in [0.4, 0.5) is 23.1 Å². The van der Waals surface area contributed by atoms with Gasteiger partial charge in [-0.05, 0) is 95.9 Å². The fraction of sp³-hybridized carbons (Fsp3) is 0.433. The molecule has 2 aliphatic rings. The first kappa shape index (κ1) is 30.8. The topological polar surface area (TPSA) is 125 Å². The molecule has 43 heavy (non-hydrogen) atoms.